The number of likely N-dealkylation sites (N-methyl/N-ethyl adjacent to an activating group) is 1. The van der Waals surface area contributed by atoms with Crippen LogP contribution < -0.4 is 15.4 Å². The van der Waals surface area contributed by atoms with E-state index in [1.165, 1.54) is 0 Å². The number of carbonyl (C=O) groups is 1. The van der Waals surface area contributed by atoms with Crippen LogP contribution in [0, 0.1) is 6.92 Å². The van der Waals surface area contributed by atoms with Crippen LogP contribution in [0.25, 0.3) is 0 Å². The van der Waals surface area contributed by atoms with Gasteiger partial charge in [-0.2, -0.15) is 0 Å². The van der Waals surface area contributed by atoms with Gasteiger partial charge in [-0.3, -0.25) is 4.79 Å². The van der Waals surface area contributed by atoms with E-state index in [1.807, 2.05) is 25.1 Å². The van der Waals surface area contributed by atoms with Crippen LogP contribution >= 0.6 is 12.4 Å². The Morgan fingerprint density at radius 2 is 2.11 bits per heavy atom. The van der Waals surface area contributed by atoms with Crippen molar-refractivity contribution in [1.82, 2.24) is 5.32 Å². The van der Waals surface area contributed by atoms with Crippen LogP contribution in [-0.2, 0) is 4.79 Å². The molecule has 0 radical (unpaired) electrons. The predicted octanol–water partition coefficient (Wildman–Crippen LogP) is 2.75. The van der Waals surface area contributed by atoms with E-state index in [2.05, 4.69) is 17.6 Å². The standard InChI is InChI=1S/C14H22N2O2.ClH/c1-4-5-8-18-12-6-7-13(11(2)9-12)16-14(17)10-15-3;/h6-7,9,15H,4-5,8,10H2,1-3H3,(H,16,17);1H. The first-order chi connectivity index (χ1) is 8.67. The maximum absolute atomic E-state index is 11.5. The van der Waals surface area contributed by atoms with Gasteiger partial charge in [0.2, 0.25) is 5.91 Å². The van der Waals surface area contributed by atoms with Gasteiger partial charge in [0.1, 0.15) is 5.75 Å². The first-order valence-corrected chi connectivity index (χ1v) is 6.35. The summed E-state index contributed by atoms with van der Waals surface area (Å²) in [6.07, 6.45) is 2.18. The SMILES string of the molecule is CCCCOc1ccc(NC(=O)CNC)c(C)c1.Cl. The van der Waals surface area contributed by atoms with Gasteiger partial charge in [0.05, 0.1) is 13.2 Å². The molecule has 0 aromatic heterocycles. The fraction of sp³-hybridized carbons (Fsp3) is 0.500. The molecular formula is C14H23ClN2O2. The van der Waals surface area contributed by atoms with E-state index < -0.39 is 0 Å². The zero-order valence-electron chi connectivity index (χ0n) is 11.8. The maximum atomic E-state index is 11.5. The lowest BCUT2D eigenvalue weighted by Crippen LogP contribution is -2.25. The third kappa shape index (κ3) is 6.45. The largest absolute Gasteiger partial charge is 0.494 e. The van der Waals surface area contributed by atoms with Crippen molar-refractivity contribution < 1.29 is 9.53 Å². The molecule has 5 heteroatoms. The number of hydrogen-bond donors (Lipinski definition) is 2. The molecule has 4 nitrogen and oxygen atoms in total. The number of halogens is 1. The highest BCUT2D eigenvalue weighted by Gasteiger charge is 2.04. The topological polar surface area (TPSA) is 50.4 Å². The van der Waals surface area contributed by atoms with Gasteiger partial charge >= 0.3 is 0 Å². The van der Waals surface area contributed by atoms with Crippen LogP contribution in [0.5, 0.6) is 5.75 Å². The Labute approximate surface area is 121 Å². The number of aryl methyl sites for hydroxylation is 1. The molecule has 108 valence electrons. The molecule has 0 saturated heterocycles. The molecule has 19 heavy (non-hydrogen) atoms. The van der Waals surface area contributed by atoms with Gasteiger partial charge in [-0.05, 0) is 44.2 Å². The van der Waals surface area contributed by atoms with Crippen molar-refractivity contribution in [2.45, 2.75) is 26.7 Å². The van der Waals surface area contributed by atoms with Crippen molar-refractivity contribution in [1.29, 1.82) is 0 Å². The second-order valence-corrected chi connectivity index (χ2v) is 4.26. The van der Waals surface area contributed by atoms with E-state index in [-0.39, 0.29) is 18.3 Å². The Kier molecular flexibility index (Phi) is 9.00. The lowest BCUT2D eigenvalue weighted by Gasteiger charge is -2.11. The van der Waals surface area contributed by atoms with Crippen molar-refractivity contribution in [2.24, 2.45) is 0 Å². The summed E-state index contributed by atoms with van der Waals surface area (Å²) in [6.45, 7) is 5.15. The predicted molar refractivity (Wildman–Crippen MR) is 81.4 cm³/mol. The second-order valence-electron chi connectivity index (χ2n) is 4.26. The number of hydrogen-bond acceptors (Lipinski definition) is 3. The summed E-state index contributed by atoms with van der Waals surface area (Å²) in [6, 6.07) is 5.71. The summed E-state index contributed by atoms with van der Waals surface area (Å²) in [4.78, 5) is 11.5. The van der Waals surface area contributed by atoms with E-state index in [0.717, 1.165) is 36.4 Å². The van der Waals surface area contributed by atoms with Gasteiger partial charge in [0.15, 0.2) is 0 Å². The van der Waals surface area contributed by atoms with Crippen molar-refractivity contribution >= 4 is 24.0 Å². The average Bonchev–Trinajstić information content (AvgIpc) is 2.33. The maximum Gasteiger partial charge on any atom is 0.238 e. The van der Waals surface area contributed by atoms with E-state index in [0.29, 0.717) is 6.54 Å². The highest BCUT2D eigenvalue weighted by atomic mass is 35.5. The van der Waals surface area contributed by atoms with Crippen LogP contribution in [0.1, 0.15) is 25.3 Å². The number of anilines is 1. The molecule has 0 unspecified atom stereocenters. The van der Waals surface area contributed by atoms with Crippen LogP contribution in [0.2, 0.25) is 0 Å². The smallest absolute Gasteiger partial charge is 0.238 e. The Hall–Kier alpha value is -1.26. The third-order valence-electron chi connectivity index (χ3n) is 2.58. The zero-order valence-corrected chi connectivity index (χ0v) is 12.6. The van der Waals surface area contributed by atoms with Crippen molar-refractivity contribution in [3.8, 4) is 5.75 Å². The van der Waals surface area contributed by atoms with Gasteiger partial charge in [0, 0.05) is 5.69 Å². The molecule has 0 aliphatic rings. The van der Waals surface area contributed by atoms with Crippen molar-refractivity contribution in [3.05, 3.63) is 23.8 Å². The normalized spacial score (nSPS) is 9.63. The lowest BCUT2D eigenvalue weighted by molar-refractivity contribution is -0.115. The zero-order chi connectivity index (χ0) is 13.4. The Balaban J connectivity index is 0.00000324. The van der Waals surface area contributed by atoms with Gasteiger partial charge in [-0.1, -0.05) is 13.3 Å². The van der Waals surface area contributed by atoms with Crippen molar-refractivity contribution in [2.75, 3.05) is 25.5 Å². The van der Waals surface area contributed by atoms with E-state index in [9.17, 15) is 4.79 Å². The highest BCUT2D eigenvalue weighted by molar-refractivity contribution is 5.93. The van der Waals surface area contributed by atoms with Crippen LogP contribution in [-0.4, -0.2) is 26.1 Å². The second kappa shape index (κ2) is 9.64. The van der Waals surface area contributed by atoms with Crippen LogP contribution in [0.15, 0.2) is 18.2 Å². The van der Waals surface area contributed by atoms with Crippen molar-refractivity contribution in [3.63, 3.8) is 0 Å². The Morgan fingerprint density at radius 3 is 2.68 bits per heavy atom. The number of unbranched alkanes of at least 4 members (excludes halogenated alkanes) is 1. The minimum atomic E-state index is -0.0414. The monoisotopic (exact) mass is 286 g/mol. The van der Waals surface area contributed by atoms with Gasteiger partial charge < -0.3 is 15.4 Å². The van der Waals surface area contributed by atoms with Gasteiger partial charge in [-0.15, -0.1) is 12.4 Å². The molecular weight excluding hydrogens is 264 g/mol. The molecule has 1 amide bonds. The molecule has 0 spiro atoms. The Bertz CT molecular complexity index is 397. The summed E-state index contributed by atoms with van der Waals surface area (Å²) >= 11 is 0. The number of benzene rings is 1. The minimum Gasteiger partial charge on any atom is -0.494 e. The van der Waals surface area contributed by atoms with Gasteiger partial charge in [0.25, 0.3) is 0 Å². The van der Waals surface area contributed by atoms with E-state index in [4.69, 9.17) is 4.74 Å². The quantitative estimate of drug-likeness (QED) is 0.758. The fourth-order valence-electron chi connectivity index (χ4n) is 1.56. The first kappa shape index (κ1) is 17.7. The van der Waals surface area contributed by atoms with E-state index >= 15 is 0 Å². The molecule has 0 aliphatic heterocycles. The molecule has 0 saturated carbocycles. The van der Waals surface area contributed by atoms with E-state index in [1.54, 1.807) is 7.05 Å². The molecule has 0 bridgehead atoms. The summed E-state index contributed by atoms with van der Waals surface area (Å²) in [5, 5.41) is 5.66. The molecule has 0 aliphatic carbocycles. The summed E-state index contributed by atoms with van der Waals surface area (Å²) < 4.78 is 5.61. The molecule has 0 heterocycles. The van der Waals surface area contributed by atoms with Crippen LogP contribution in [0.3, 0.4) is 0 Å². The molecule has 0 atom stereocenters. The van der Waals surface area contributed by atoms with Crippen LogP contribution in [0.4, 0.5) is 5.69 Å². The number of rotatable bonds is 7. The Morgan fingerprint density at radius 1 is 1.37 bits per heavy atom. The first-order valence-electron chi connectivity index (χ1n) is 6.35. The average molecular weight is 287 g/mol. The molecule has 1 aromatic rings. The van der Waals surface area contributed by atoms with Gasteiger partial charge in [-0.25, -0.2) is 0 Å². The molecule has 2 N–H and O–H groups in total. The molecule has 0 fully saturated rings. The lowest BCUT2D eigenvalue weighted by atomic mass is 10.2. The number of carbonyl (C=O) groups excluding carboxylic acids is 1. The summed E-state index contributed by atoms with van der Waals surface area (Å²) in [7, 11) is 1.75. The number of ether oxygens (including phenoxy) is 1. The minimum absolute atomic E-state index is 0. The molecule has 1 aromatic carbocycles. The summed E-state index contributed by atoms with van der Waals surface area (Å²) in [5.74, 6) is 0.813. The fourth-order valence-corrected chi connectivity index (χ4v) is 1.56. The number of nitrogens with one attached hydrogen (secondary N) is 2. The summed E-state index contributed by atoms with van der Waals surface area (Å²) in [5.41, 5.74) is 1.84. The molecule has 1 rings (SSSR count). The number of amides is 1. The highest BCUT2D eigenvalue weighted by Crippen LogP contribution is 2.21. The third-order valence-corrected chi connectivity index (χ3v) is 2.58.